The molecule has 0 spiro atoms. The molecule has 3 N–H and O–H groups in total. The van der Waals surface area contributed by atoms with Crippen molar-refractivity contribution in [3.05, 3.63) is 53.1 Å². The Bertz CT molecular complexity index is 1020. The van der Waals surface area contributed by atoms with Crippen LogP contribution in [0.15, 0.2) is 36.4 Å². The molecule has 2 aromatic carbocycles. The molecule has 2 aliphatic rings. The van der Waals surface area contributed by atoms with Crippen LogP contribution in [0.5, 0.6) is 28.7 Å². The van der Waals surface area contributed by atoms with E-state index in [0.717, 1.165) is 6.07 Å². The largest absolute Gasteiger partial charge is 0.508 e. The summed E-state index contributed by atoms with van der Waals surface area (Å²) in [5, 5.41) is 30.2. The Morgan fingerprint density at radius 2 is 1.85 bits per heavy atom. The zero-order valence-electron chi connectivity index (χ0n) is 14.8. The second-order valence-corrected chi connectivity index (χ2v) is 7.12. The third-order valence-corrected chi connectivity index (χ3v) is 4.55. The van der Waals surface area contributed by atoms with Gasteiger partial charge in [0.05, 0.1) is 11.5 Å². The summed E-state index contributed by atoms with van der Waals surface area (Å²) in [5.74, 6) is -0.281. The molecule has 0 radical (unpaired) electrons. The van der Waals surface area contributed by atoms with Gasteiger partial charge in [-0.05, 0) is 38.1 Å². The lowest BCUT2D eigenvalue weighted by molar-refractivity contribution is -0.108. The molecule has 2 aromatic rings. The topological polar surface area (TPSA) is 96.2 Å². The Kier molecular flexibility index (Phi) is 3.66. The minimum atomic E-state index is -0.742. The van der Waals surface area contributed by atoms with Crippen LogP contribution in [0, 0.1) is 0 Å². The molecule has 0 fully saturated rings. The van der Waals surface area contributed by atoms with Crippen LogP contribution in [0.4, 0.5) is 0 Å². The van der Waals surface area contributed by atoms with Crippen LogP contribution in [-0.4, -0.2) is 27.2 Å². The highest BCUT2D eigenvalue weighted by molar-refractivity contribution is 5.81. The monoisotopic (exact) mass is 366 g/mol. The molecule has 27 heavy (non-hydrogen) atoms. The van der Waals surface area contributed by atoms with Crippen molar-refractivity contribution in [3.63, 3.8) is 0 Å². The Hall–Kier alpha value is -3.41. The van der Waals surface area contributed by atoms with Gasteiger partial charge in [-0.3, -0.25) is 0 Å². The van der Waals surface area contributed by atoms with E-state index in [2.05, 4.69) is 0 Å². The number of rotatable bonds is 2. The van der Waals surface area contributed by atoms with E-state index in [1.165, 1.54) is 12.1 Å². The van der Waals surface area contributed by atoms with Crippen molar-refractivity contribution in [1.29, 1.82) is 0 Å². The number of allylic oxidation sites excluding steroid dienone is 1. The summed E-state index contributed by atoms with van der Waals surface area (Å²) in [6.07, 6.45) is 5.98. The number of aromatic hydroxyl groups is 3. The van der Waals surface area contributed by atoms with Gasteiger partial charge in [0.15, 0.2) is 11.5 Å². The Labute approximate surface area is 155 Å². The number of hydrogen-bond acceptors (Lipinski definition) is 6. The molecule has 0 amide bonds. The van der Waals surface area contributed by atoms with Gasteiger partial charge in [0, 0.05) is 23.3 Å². The van der Waals surface area contributed by atoms with Crippen LogP contribution < -0.4 is 9.47 Å². The lowest BCUT2D eigenvalue weighted by atomic mass is 9.93. The second kappa shape index (κ2) is 5.81. The minimum absolute atomic E-state index is 0.0448. The maximum atomic E-state index is 11.6. The molecule has 6 nitrogen and oxygen atoms in total. The quantitative estimate of drug-likeness (QED) is 0.701. The first-order valence-electron chi connectivity index (χ1n) is 8.44. The van der Waals surface area contributed by atoms with Gasteiger partial charge in [-0.2, -0.15) is 0 Å². The summed E-state index contributed by atoms with van der Waals surface area (Å²) in [7, 11) is 0. The first-order chi connectivity index (χ1) is 12.8. The first-order valence-corrected chi connectivity index (χ1v) is 8.44. The number of phenols is 3. The van der Waals surface area contributed by atoms with Crippen LogP contribution in [0.25, 0.3) is 11.8 Å². The van der Waals surface area contributed by atoms with Gasteiger partial charge >= 0.3 is 0 Å². The Morgan fingerprint density at radius 3 is 2.59 bits per heavy atom. The normalized spacial score (nSPS) is 19.2. The molecule has 2 aliphatic heterocycles. The summed E-state index contributed by atoms with van der Waals surface area (Å²) in [4.78, 5) is 11.6. The number of carbonyl (C=O) groups excluding carboxylic acids is 1. The molecule has 6 heteroatoms. The van der Waals surface area contributed by atoms with E-state index in [1.807, 2.05) is 26.0 Å². The number of hydrogen-bond donors (Lipinski definition) is 3. The van der Waals surface area contributed by atoms with Crippen LogP contribution in [0.2, 0.25) is 0 Å². The van der Waals surface area contributed by atoms with Crippen LogP contribution in [-0.2, 0) is 4.79 Å². The molecule has 0 bridgehead atoms. The van der Waals surface area contributed by atoms with Gasteiger partial charge in [0.25, 0.3) is 0 Å². The zero-order chi connectivity index (χ0) is 19.3. The standard InChI is InChI=1S/C21H18O6/c1-21(2)4-3-11-5-12(6-16(25)20(11)27-21)17-7-13(10-22)19-15(24)8-14(23)9-18(19)26-17/h3-10,13,23-25H,1-2H3. The highest BCUT2D eigenvalue weighted by atomic mass is 16.5. The van der Waals surface area contributed by atoms with Crippen molar-refractivity contribution in [2.75, 3.05) is 0 Å². The third kappa shape index (κ3) is 2.89. The molecule has 138 valence electrons. The maximum absolute atomic E-state index is 11.6. The van der Waals surface area contributed by atoms with Gasteiger partial charge < -0.3 is 29.6 Å². The van der Waals surface area contributed by atoms with Gasteiger partial charge in [-0.1, -0.05) is 6.08 Å². The molecular weight excluding hydrogens is 348 g/mol. The molecular formula is C21H18O6. The van der Waals surface area contributed by atoms with Gasteiger partial charge in [0.2, 0.25) is 0 Å². The number of fused-ring (bicyclic) bond motifs is 2. The van der Waals surface area contributed by atoms with Crippen molar-refractivity contribution in [1.82, 2.24) is 0 Å². The molecule has 1 unspecified atom stereocenters. The van der Waals surface area contributed by atoms with E-state index < -0.39 is 11.5 Å². The minimum Gasteiger partial charge on any atom is -0.508 e. The molecule has 0 saturated heterocycles. The molecule has 0 aromatic heterocycles. The van der Waals surface area contributed by atoms with Gasteiger partial charge in [0.1, 0.15) is 34.9 Å². The van der Waals surface area contributed by atoms with Crippen molar-refractivity contribution in [2.45, 2.75) is 25.4 Å². The molecule has 1 atom stereocenters. The maximum Gasteiger partial charge on any atom is 0.169 e. The highest BCUT2D eigenvalue weighted by Crippen LogP contribution is 2.46. The van der Waals surface area contributed by atoms with Crippen molar-refractivity contribution >= 4 is 18.1 Å². The summed E-state index contributed by atoms with van der Waals surface area (Å²) < 4.78 is 11.6. The highest BCUT2D eigenvalue weighted by Gasteiger charge is 2.29. The van der Waals surface area contributed by atoms with Crippen molar-refractivity contribution in [2.24, 2.45) is 0 Å². The lowest BCUT2D eigenvalue weighted by Crippen LogP contribution is -2.27. The van der Waals surface area contributed by atoms with Gasteiger partial charge in [-0.25, -0.2) is 0 Å². The van der Waals surface area contributed by atoms with E-state index in [1.54, 1.807) is 12.1 Å². The van der Waals surface area contributed by atoms with Crippen LogP contribution in [0.3, 0.4) is 0 Å². The fourth-order valence-corrected chi connectivity index (χ4v) is 3.28. The summed E-state index contributed by atoms with van der Waals surface area (Å²) in [6.45, 7) is 3.77. The van der Waals surface area contributed by atoms with E-state index in [-0.39, 0.29) is 23.0 Å². The Morgan fingerprint density at radius 1 is 1.07 bits per heavy atom. The predicted molar refractivity (Wildman–Crippen MR) is 99.0 cm³/mol. The average molecular weight is 366 g/mol. The molecule has 2 heterocycles. The van der Waals surface area contributed by atoms with E-state index in [9.17, 15) is 20.1 Å². The van der Waals surface area contributed by atoms with E-state index >= 15 is 0 Å². The second-order valence-electron chi connectivity index (χ2n) is 7.12. The molecule has 0 saturated carbocycles. The lowest BCUT2D eigenvalue weighted by Gasteiger charge is -2.29. The average Bonchev–Trinajstić information content (AvgIpc) is 2.60. The van der Waals surface area contributed by atoms with E-state index in [4.69, 9.17) is 9.47 Å². The number of benzene rings is 2. The zero-order valence-corrected chi connectivity index (χ0v) is 14.8. The van der Waals surface area contributed by atoms with Crippen molar-refractivity contribution < 1.29 is 29.6 Å². The fraction of sp³-hybridized carbons (Fsp3) is 0.190. The number of aldehydes is 1. The molecule has 4 rings (SSSR count). The smallest absolute Gasteiger partial charge is 0.169 e. The van der Waals surface area contributed by atoms with Crippen LogP contribution in [0.1, 0.15) is 36.5 Å². The van der Waals surface area contributed by atoms with Crippen LogP contribution >= 0.6 is 0 Å². The van der Waals surface area contributed by atoms with Gasteiger partial charge in [-0.15, -0.1) is 0 Å². The fourth-order valence-electron chi connectivity index (χ4n) is 3.28. The summed E-state index contributed by atoms with van der Waals surface area (Å²) in [6, 6.07) is 5.77. The number of carbonyl (C=O) groups is 1. The number of ether oxygens (including phenoxy) is 2. The van der Waals surface area contributed by atoms with E-state index in [0.29, 0.717) is 34.5 Å². The SMILES string of the molecule is CC1(C)C=Cc2cc(C3=CC(C=O)c4c(O)cc(O)cc4O3)cc(O)c2O1. The summed E-state index contributed by atoms with van der Waals surface area (Å²) in [5.41, 5.74) is 0.989. The molecule has 0 aliphatic carbocycles. The third-order valence-electron chi connectivity index (χ3n) is 4.55. The number of phenolic OH excluding ortho intramolecular Hbond substituents is 3. The summed E-state index contributed by atoms with van der Waals surface area (Å²) >= 11 is 0. The first kappa shape index (κ1) is 17.0. The van der Waals surface area contributed by atoms with Crippen molar-refractivity contribution in [3.8, 4) is 28.7 Å². The Balaban J connectivity index is 1.80. The predicted octanol–water partition coefficient (Wildman–Crippen LogP) is 3.70.